The van der Waals surface area contributed by atoms with Crippen LogP contribution in [0.25, 0.3) is 0 Å². The van der Waals surface area contributed by atoms with Gasteiger partial charge in [0, 0.05) is 31.6 Å². The third-order valence-electron chi connectivity index (χ3n) is 5.55. The Kier molecular flexibility index (Phi) is 9.31. The molecule has 0 fully saturated rings. The van der Waals surface area contributed by atoms with Gasteiger partial charge in [0.25, 0.3) is 0 Å². The van der Waals surface area contributed by atoms with E-state index in [1.807, 2.05) is 31.2 Å². The minimum Gasteiger partial charge on any atom is -0.357 e. The van der Waals surface area contributed by atoms with Crippen LogP contribution in [0.1, 0.15) is 36.5 Å². The minimum absolute atomic E-state index is 0.0961. The van der Waals surface area contributed by atoms with Crippen molar-refractivity contribution >= 4 is 39.1 Å². The average Bonchev–Trinajstić information content (AvgIpc) is 2.76. The highest BCUT2D eigenvalue weighted by molar-refractivity contribution is 7.92. The first kappa shape index (κ1) is 26.7. The smallest absolute Gasteiger partial charge is 0.242 e. The van der Waals surface area contributed by atoms with Crippen LogP contribution >= 0.6 is 11.6 Å². The van der Waals surface area contributed by atoms with Gasteiger partial charge in [0.15, 0.2) is 0 Å². The Morgan fingerprint density at radius 1 is 1.09 bits per heavy atom. The molecule has 180 valence electrons. The van der Waals surface area contributed by atoms with Gasteiger partial charge >= 0.3 is 0 Å². The fraction of sp³-hybridized carbons (Fsp3) is 0.417. The summed E-state index contributed by atoms with van der Waals surface area (Å²) in [6, 6.07) is 12.2. The summed E-state index contributed by atoms with van der Waals surface area (Å²) >= 11 is 6.18. The summed E-state index contributed by atoms with van der Waals surface area (Å²) in [4.78, 5) is 26.9. The summed E-state index contributed by atoms with van der Waals surface area (Å²) in [6.07, 6.45) is 1.52. The summed E-state index contributed by atoms with van der Waals surface area (Å²) < 4.78 is 26.2. The van der Waals surface area contributed by atoms with Crippen molar-refractivity contribution in [1.82, 2.24) is 10.2 Å². The van der Waals surface area contributed by atoms with E-state index < -0.39 is 16.1 Å². The molecule has 0 saturated heterocycles. The van der Waals surface area contributed by atoms with E-state index in [-0.39, 0.29) is 31.3 Å². The van der Waals surface area contributed by atoms with E-state index in [4.69, 9.17) is 11.6 Å². The van der Waals surface area contributed by atoms with Crippen molar-refractivity contribution in [3.63, 3.8) is 0 Å². The first-order valence-corrected chi connectivity index (χ1v) is 13.0. The molecule has 0 saturated carbocycles. The lowest BCUT2D eigenvalue weighted by molar-refractivity contribution is -0.140. The van der Waals surface area contributed by atoms with Crippen LogP contribution in [-0.2, 0) is 26.2 Å². The number of benzene rings is 2. The molecule has 0 radical (unpaired) electrons. The highest BCUT2D eigenvalue weighted by atomic mass is 35.5. The van der Waals surface area contributed by atoms with Gasteiger partial charge in [0.2, 0.25) is 21.8 Å². The van der Waals surface area contributed by atoms with Crippen LogP contribution in [0.3, 0.4) is 0 Å². The predicted octanol–water partition coefficient (Wildman–Crippen LogP) is 3.67. The number of amides is 2. The van der Waals surface area contributed by atoms with Crippen LogP contribution in [0.5, 0.6) is 0 Å². The van der Waals surface area contributed by atoms with E-state index in [9.17, 15) is 18.0 Å². The first-order valence-electron chi connectivity index (χ1n) is 10.7. The van der Waals surface area contributed by atoms with E-state index in [0.717, 1.165) is 17.4 Å². The highest BCUT2D eigenvalue weighted by Gasteiger charge is 2.26. The molecule has 1 unspecified atom stereocenters. The Labute approximate surface area is 201 Å². The maximum Gasteiger partial charge on any atom is 0.242 e. The number of rotatable bonds is 10. The third kappa shape index (κ3) is 7.20. The molecule has 0 aromatic heterocycles. The fourth-order valence-corrected chi connectivity index (χ4v) is 4.72. The third-order valence-corrected chi connectivity index (χ3v) is 7.14. The largest absolute Gasteiger partial charge is 0.357 e. The van der Waals surface area contributed by atoms with Gasteiger partial charge < -0.3 is 10.2 Å². The predicted molar refractivity (Wildman–Crippen MR) is 133 cm³/mol. The molecule has 2 aromatic carbocycles. The first-order chi connectivity index (χ1) is 15.5. The summed E-state index contributed by atoms with van der Waals surface area (Å²) in [7, 11) is -2.04. The lowest BCUT2D eigenvalue weighted by Gasteiger charge is -2.29. The molecule has 7 nitrogen and oxygen atoms in total. The number of hydrogen-bond acceptors (Lipinski definition) is 4. The van der Waals surface area contributed by atoms with Crippen LogP contribution < -0.4 is 9.62 Å². The average molecular weight is 494 g/mol. The highest BCUT2D eigenvalue weighted by Crippen LogP contribution is 2.28. The number of aryl methyl sites for hydroxylation is 1. The molecule has 1 N–H and O–H groups in total. The van der Waals surface area contributed by atoms with Gasteiger partial charge in [0.05, 0.1) is 11.9 Å². The molecule has 2 aromatic rings. The van der Waals surface area contributed by atoms with Crippen molar-refractivity contribution < 1.29 is 18.0 Å². The van der Waals surface area contributed by atoms with Crippen molar-refractivity contribution in [3.05, 3.63) is 64.2 Å². The maximum atomic E-state index is 13.1. The lowest BCUT2D eigenvalue weighted by atomic mass is 10.1. The molecule has 0 aliphatic carbocycles. The van der Waals surface area contributed by atoms with E-state index in [1.54, 1.807) is 32.0 Å². The number of carbonyl (C=O) groups excluding carboxylic acids is 2. The van der Waals surface area contributed by atoms with Gasteiger partial charge in [-0.1, -0.05) is 47.5 Å². The fourth-order valence-electron chi connectivity index (χ4n) is 3.53. The second-order valence-electron chi connectivity index (χ2n) is 8.12. The molecule has 1 atom stereocenters. The van der Waals surface area contributed by atoms with Crippen LogP contribution in [0.4, 0.5) is 5.69 Å². The topological polar surface area (TPSA) is 86.8 Å². The molecular formula is C24H32ClN3O4S. The maximum absolute atomic E-state index is 13.1. The van der Waals surface area contributed by atoms with Crippen molar-refractivity contribution in [2.24, 2.45) is 0 Å². The van der Waals surface area contributed by atoms with Crippen LogP contribution in [0.15, 0.2) is 42.5 Å². The Morgan fingerprint density at radius 3 is 2.30 bits per heavy atom. The zero-order valence-corrected chi connectivity index (χ0v) is 21.3. The van der Waals surface area contributed by atoms with Gasteiger partial charge in [0.1, 0.15) is 6.04 Å². The monoisotopic (exact) mass is 493 g/mol. The molecule has 0 aliphatic rings. The number of hydrogen-bond donors (Lipinski definition) is 1. The van der Waals surface area contributed by atoms with Crippen molar-refractivity contribution in [1.29, 1.82) is 0 Å². The molecule has 0 aliphatic heterocycles. The number of likely N-dealkylation sites (N-methyl/N-ethyl adjacent to an activating group) is 1. The molecule has 0 bridgehead atoms. The van der Waals surface area contributed by atoms with Crippen molar-refractivity contribution in [3.8, 4) is 0 Å². The number of sulfonamides is 1. The standard InChI is InChI=1S/C24H32ClN3O4S/c1-17-11-13-20(14-12-17)16-27(19(3)24(30)26-4)23(29)10-7-15-28(33(5,31)32)22-9-6-8-21(25)18(22)2/h6,8-9,11-14,19H,7,10,15-16H2,1-5H3,(H,26,30). The lowest BCUT2D eigenvalue weighted by Crippen LogP contribution is -2.46. The molecule has 9 heteroatoms. The molecule has 33 heavy (non-hydrogen) atoms. The molecule has 0 spiro atoms. The number of carbonyl (C=O) groups is 2. The van der Waals surface area contributed by atoms with Crippen LogP contribution in [0.2, 0.25) is 5.02 Å². The quantitative estimate of drug-likeness (QED) is 0.547. The summed E-state index contributed by atoms with van der Waals surface area (Å²) in [5.74, 6) is -0.481. The second kappa shape index (κ2) is 11.5. The summed E-state index contributed by atoms with van der Waals surface area (Å²) in [6.45, 7) is 5.84. The minimum atomic E-state index is -3.58. The van der Waals surface area contributed by atoms with Gasteiger partial charge in [-0.3, -0.25) is 13.9 Å². The zero-order chi connectivity index (χ0) is 24.8. The SMILES string of the molecule is CNC(=O)C(C)N(Cc1ccc(C)cc1)C(=O)CCCN(c1cccc(Cl)c1C)S(C)(=O)=O. The van der Waals surface area contributed by atoms with Gasteiger partial charge in [-0.15, -0.1) is 0 Å². The Bertz CT molecular complexity index is 1090. The summed E-state index contributed by atoms with van der Waals surface area (Å²) in [5, 5.41) is 3.06. The molecular weight excluding hydrogens is 462 g/mol. The number of halogens is 1. The molecule has 2 rings (SSSR count). The van der Waals surface area contributed by atoms with Crippen molar-refractivity contribution in [2.75, 3.05) is 24.2 Å². The number of nitrogens with one attached hydrogen (secondary N) is 1. The van der Waals surface area contributed by atoms with E-state index in [2.05, 4.69) is 5.32 Å². The molecule has 2 amide bonds. The Morgan fingerprint density at radius 2 is 1.73 bits per heavy atom. The normalized spacial score (nSPS) is 12.2. The van der Waals surface area contributed by atoms with E-state index in [0.29, 0.717) is 22.7 Å². The van der Waals surface area contributed by atoms with Crippen molar-refractivity contribution in [2.45, 2.75) is 46.2 Å². The Hall–Kier alpha value is -2.58. The summed E-state index contributed by atoms with van der Waals surface area (Å²) in [5.41, 5.74) is 3.17. The van der Waals surface area contributed by atoms with Crippen LogP contribution in [0, 0.1) is 13.8 Å². The number of anilines is 1. The molecule has 0 heterocycles. The van der Waals surface area contributed by atoms with Crippen LogP contribution in [-0.4, -0.2) is 51.0 Å². The second-order valence-corrected chi connectivity index (χ2v) is 10.4. The number of nitrogens with zero attached hydrogens (tertiary/aromatic N) is 2. The van der Waals surface area contributed by atoms with Gasteiger partial charge in [-0.25, -0.2) is 8.42 Å². The van der Waals surface area contributed by atoms with Gasteiger partial charge in [-0.2, -0.15) is 0 Å². The zero-order valence-electron chi connectivity index (χ0n) is 19.8. The van der Waals surface area contributed by atoms with E-state index in [1.165, 1.54) is 16.3 Å². The van der Waals surface area contributed by atoms with Gasteiger partial charge in [-0.05, 0) is 50.5 Å². The van der Waals surface area contributed by atoms with E-state index >= 15 is 0 Å². The Balaban J connectivity index is 2.17.